The van der Waals surface area contributed by atoms with Crippen molar-refractivity contribution in [3.05, 3.63) is 58.7 Å². The summed E-state index contributed by atoms with van der Waals surface area (Å²) in [7, 11) is -6.93. The van der Waals surface area contributed by atoms with Crippen LogP contribution in [0, 0.1) is 20.8 Å². The second-order valence-corrected chi connectivity index (χ2v) is 11.3. The van der Waals surface area contributed by atoms with Crippen molar-refractivity contribution in [3.8, 4) is 0 Å². The van der Waals surface area contributed by atoms with E-state index in [1.165, 1.54) is 6.07 Å². The SMILES string of the molecule is Cc1cc(C)c(S(=O)(=O)Nc2cccc(C(=O)N[C@H]3CCS(=O)(=O)C3)c2)cc1C. The summed E-state index contributed by atoms with van der Waals surface area (Å²) in [6, 6.07) is 9.15. The number of carbonyl (C=O) groups excluding carboxylic acids is 1. The third kappa shape index (κ3) is 4.97. The minimum atomic E-state index is -3.82. The van der Waals surface area contributed by atoms with E-state index >= 15 is 0 Å². The molecule has 0 saturated carbocycles. The average molecular weight is 437 g/mol. The second-order valence-electron chi connectivity index (χ2n) is 7.46. The molecule has 7 nitrogen and oxygen atoms in total. The Labute approximate surface area is 171 Å². The lowest BCUT2D eigenvalue weighted by Crippen LogP contribution is -2.35. The van der Waals surface area contributed by atoms with Gasteiger partial charge in [0.05, 0.1) is 16.4 Å². The largest absolute Gasteiger partial charge is 0.348 e. The van der Waals surface area contributed by atoms with Crippen molar-refractivity contribution in [2.24, 2.45) is 0 Å². The summed E-state index contributed by atoms with van der Waals surface area (Å²) < 4.78 is 51.3. The van der Waals surface area contributed by atoms with E-state index < -0.39 is 31.8 Å². The van der Waals surface area contributed by atoms with Gasteiger partial charge in [0.15, 0.2) is 9.84 Å². The van der Waals surface area contributed by atoms with Gasteiger partial charge in [-0.15, -0.1) is 0 Å². The van der Waals surface area contributed by atoms with E-state index in [9.17, 15) is 21.6 Å². The Morgan fingerprint density at radius 3 is 2.38 bits per heavy atom. The molecule has 9 heteroatoms. The summed E-state index contributed by atoms with van der Waals surface area (Å²) in [6.07, 6.45) is 0.381. The van der Waals surface area contributed by atoms with Crippen molar-refractivity contribution in [2.75, 3.05) is 16.2 Å². The van der Waals surface area contributed by atoms with Gasteiger partial charge in [-0.05, 0) is 68.1 Å². The Kier molecular flexibility index (Phi) is 5.73. The molecule has 1 atom stereocenters. The summed E-state index contributed by atoms with van der Waals surface area (Å²) in [5.41, 5.74) is 3.03. The molecule has 3 rings (SSSR count). The first kappa shape index (κ1) is 21.3. The Hall–Kier alpha value is -2.39. The van der Waals surface area contributed by atoms with Gasteiger partial charge in [0.2, 0.25) is 0 Å². The van der Waals surface area contributed by atoms with E-state index in [0.29, 0.717) is 12.0 Å². The fourth-order valence-electron chi connectivity index (χ4n) is 3.34. The number of carbonyl (C=O) groups is 1. The summed E-state index contributed by atoms with van der Waals surface area (Å²) in [5, 5.41) is 2.70. The predicted octanol–water partition coefficient (Wildman–Crippen LogP) is 2.33. The molecule has 0 unspecified atom stereocenters. The fraction of sp³-hybridized carbons (Fsp3) is 0.350. The molecule has 2 aromatic rings. The number of anilines is 1. The number of rotatable bonds is 5. The highest BCUT2D eigenvalue weighted by Gasteiger charge is 2.29. The van der Waals surface area contributed by atoms with Gasteiger partial charge in [-0.25, -0.2) is 16.8 Å². The van der Waals surface area contributed by atoms with Gasteiger partial charge in [0, 0.05) is 17.3 Å². The molecule has 1 aliphatic heterocycles. The number of amides is 1. The smallest absolute Gasteiger partial charge is 0.262 e. The first-order chi connectivity index (χ1) is 13.5. The van der Waals surface area contributed by atoms with Gasteiger partial charge >= 0.3 is 0 Å². The first-order valence-corrected chi connectivity index (χ1v) is 12.5. The topological polar surface area (TPSA) is 109 Å². The zero-order chi connectivity index (χ0) is 21.4. The maximum absolute atomic E-state index is 12.8. The molecule has 1 aliphatic rings. The number of hydrogen-bond acceptors (Lipinski definition) is 5. The molecular formula is C20H24N2O5S2. The average Bonchev–Trinajstić information content (AvgIpc) is 2.96. The van der Waals surface area contributed by atoms with Crippen molar-refractivity contribution in [3.63, 3.8) is 0 Å². The molecule has 1 amide bonds. The van der Waals surface area contributed by atoms with Crippen molar-refractivity contribution in [1.82, 2.24) is 5.32 Å². The van der Waals surface area contributed by atoms with Gasteiger partial charge < -0.3 is 5.32 Å². The van der Waals surface area contributed by atoms with Crippen molar-refractivity contribution in [2.45, 2.75) is 38.1 Å². The minimum absolute atomic E-state index is 0.0626. The van der Waals surface area contributed by atoms with Crippen LogP contribution in [0.15, 0.2) is 41.3 Å². The van der Waals surface area contributed by atoms with E-state index in [1.807, 2.05) is 19.9 Å². The van der Waals surface area contributed by atoms with Crippen LogP contribution in [0.4, 0.5) is 5.69 Å². The van der Waals surface area contributed by atoms with Crippen LogP contribution in [0.5, 0.6) is 0 Å². The Bertz CT molecular complexity index is 1170. The quantitative estimate of drug-likeness (QED) is 0.748. The molecule has 0 bridgehead atoms. The third-order valence-electron chi connectivity index (χ3n) is 5.03. The van der Waals surface area contributed by atoms with Gasteiger partial charge in [0.1, 0.15) is 0 Å². The van der Waals surface area contributed by atoms with E-state index in [0.717, 1.165) is 11.1 Å². The van der Waals surface area contributed by atoms with Crippen LogP contribution in [-0.2, 0) is 19.9 Å². The highest BCUT2D eigenvalue weighted by atomic mass is 32.2. The van der Waals surface area contributed by atoms with E-state index in [1.54, 1.807) is 31.2 Å². The van der Waals surface area contributed by atoms with Crippen LogP contribution in [-0.4, -0.2) is 40.3 Å². The van der Waals surface area contributed by atoms with Crippen LogP contribution >= 0.6 is 0 Å². The fourth-order valence-corrected chi connectivity index (χ4v) is 6.37. The minimum Gasteiger partial charge on any atom is -0.348 e. The lowest BCUT2D eigenvalue weighted by atomic mass is 10.1. The molecule has 0 aromatic heterocycles. The Morgan fingerprint density at radius 1 is 1.03 bits per heavy atom. The molecule has 0 aliphatic carbocycles. The monoisotopic (exact) mass is 436 g/mol. The molecule has 0 radical (unpaired) electrons. The zero-order valence-electron chi connectivity index (χ0n) is 16.5. The lowest BCUT2D eigenvalue weighted by Gasteiger charge is -2.14. The lowest BCUT2D eigenvalue weighted by molar-refractivity contribution is 0.0941. The van der Waals surface area contributed by atoms with Crippen LogP contribution in [0.1, 0.15) is 33.5 Å². The van der Waals surface area contributed by atoms with Gasteiger partial charge in [-0.1, -0.05) is 12.1 Å². The highest BCUT2D eigenvalue weighted by Crippen LogP contribution is 2.23. The first-order valence-electron chi connectivity index (χ1n) is 9.19. The van der Waals surface area contributed by atoms with Crippen LogP contribution in [0.2, 0.25) is 0 Å². The second kappa shape index (κ2) is 7.79. The molecule has 2 aromatic carbocycles. The normalized spacial score (nSPS) is 18.4. The standard InChI is InChI=1S/C20H24N2O5S2/c1-13-9-15(3)19(10-14(13)2)29(26,27)22-17-6-4-5-16(11-17)20(23)21-18-7-8-28(24,25)12-18/h4-6,9-11,18,22H,7-8,12H2,1-3H3,(H,21,23)/t18-/m0/s1. The summed E-state index contributed by atoms with van der Waals surface area (Å²) in [4.78, 5) is 12.6. The van der Waals surface area contributed by atoms with Crippen LogP contribution in [0.25, 0.3) is 0 Å². The molecule has 156 valence electrons. The number of aryl methyl sites for hydroxylation is 3. The summed E-state index contributed by atoms with van der Waals surface area (Å²) in [5.74, 6) is -0.444. The number of sulfone groups is 1. The van der Waals surface area contributed by atoms with E-state index in [-0.39, 0.29) is 27.7 Å². The van der Waals surface area contributed by atoms with Gasteiger partial charge in [0.25, 0.3) is 15.9 Å². The highest BCUT2D eigenvalue weighted by molar-refractivity contribution is 7.92. The van der Waals surface area contributed by atoms with Gasteiger partial charge in [-0.2, -0.15) is 0 Å². The van der Waals surface area contributed by atoms with Crippen molar-refractivity contribution in [1.29, 1.82) is 0 Å². The maximum Gasteiger partial charge on any atom is 0.262 e. The van der Waals surface area contributed by atoms with Crippen LogP contribution in [0.3, 0.4) is 0 Å². The molecule has 2 N–H and O–H groups in total. The number of nitrogens with one attached hydrogen (secondary N) is 2. The van der Waals surface area contributed by atoms with E-state index in [2.05, 4.69) is 10.0 Å². The molecule has 29 heavy (non-hydrogen) atoms. The number of sulfonamides is 1. The van der Waals surface area contributed by atoms with Gasteiger partial charge in [-0.3, -0.25) is 9.52 Å². The van der Waals surface area contributed by atoms with Crippen LogP contribution < -0.4 is 10.0 Å². The number of hydrogen-bond donors (Lipinski definition) is 2. The molecular weight excluding hydrogens is 412 g/mol. The summed E-state index contributed by atoms with van der Waals surface area (Å²) >= 11 is 0. The molecule has 0 spiro atoms. The Morgan fingerprint density at radius 2 is 1.72 bits per heavy atom. The Balaban J connectivity index is 1.79. The molecule has 1 saturated heterocycles. The molecule has 1 heterocycles. The van der Waals surface area contributed by atoms with Crippen molar-refractivity contribution < 1.29 is 21.6 Å². The third-order valence-corrected chi connectivity index (χ3v) is 8.32. The van der Waals surface area contributed by atoms with Crippen molar-refractivity contribution >= 4 is 31.5 Å². The number of benzene rings is 2. The predicted molar refractivity (Wildman–Crippen MR) is 112 cm³/mol. The van der Waals surface area contributed by atoms with E-state index in [4.69, 9.17) is 0 Å². The molecule has 1 fully saturated rings. The zero-order valence-corrected chi connectivity index (χ0v) is 18.2. The maximum atomic E-state index is 12.8. The summed E-state index contributed by atoms with van der Waals surface area (Å²) in [6.45, 7) is 5.51.